The number of piperidine rings is 1. The first-order chi connectivity index (χ1) is 15.8. The number of rotatable bonds is 7. The van der Waals surface area contributed by atoms with Crippen molar-refractivity contribution in [2.45, 2.75) is 60.8 Å². The Morgan fingerprint density at radius 1 is 1.12 bits per heavy atom. The van der Waals surface area contributed by atoms with E-state index in [9.17, 15) is 13.2 Å². The van der Waals surface area contributed by atoms with Crippen LogP contribution in [0.2, 0.25) is 5.02 Å². The zero-order chi connectivity index (χ0) is 23.5. The quantitative estimate of drug-likeness (QED) is 0.629. The SMILES string of the molecule is COc1cccc(CN2CCC(NC(=O)C3(S(=O)(=O)c4ccc(Cl)cc4)CCCC3)CC2)c1. The lowest BCUT2D eigenvalue weighted by Crippen LogP contribution is -2.55. The lowest BCUT2D eigenvalue weighted by Gasteiger charge is -2.35. The Kier molecular flexibility index (Phi) is 7.31. The van der Waals surface area contributed by atoms with Crippen molar-refractivity contribution in [2.75, 3.05) is 20.2 Å². The van der Waals surface area contributed by atoms with Crippen LogP contribution >= 0.6 is 11.6 Å². The molecule has 0 bridgehead atoms. The Morgan fingerprint density at radius 2 is 1.79 bits per heavy atom. The van der Waals surface area contributed by atoms with Gasteiger partial charge in [-0.05, 0) is 67.6 Å². The van der Waals surface area contributed by atoms with Gasteiger partial charge in [0.2, 0.25) is 5.91 Å². The third-order valence-electron chi connectivity index (χ3n) is 6.93. The highest BCUT2D eigenvalue weighted by molar-refractivity contribution is 7.93. The second kappa shape index (κ2) is 10.0. The summed E-state index contributed by atoms with van der Waals surface area (Å²) in [7, 11) is -2.15. The van der Waals surface area contributed by atoms with Crippen LogP contribution in [0.25, 0.3) is 0 Å². The van der Waals surface area contributed by atoms with Crippen molar-refractivity contribution in [2.24, 2.45) is 0 Å². The molecule has 1 aliphatic carbocycles. The first-order valence-electron chi connectivity index (χ1n) is 11.5. The summed E-state index contributed by atoms with van der Waals surface area (Å²) in [6.07, 6.45) is 3.79. The largest absolute Gasteiger partial charge is 0.497 e. The van der Waals surface area contributed by atoms with Crippen molar-refractivity contribution < 1.29 is 17.9 Å². The van der Waals surface area contributed by atoms with Crippen molar-refractivity contribution in [1.29, 1.82) is 0 Å². The molecule has 0 unspecified atom stereocenters. The van der Waals surface area contributed by atoms with Crippen LogP contribution in [0, 0.1) is 0 Å². The molecule has 33 heavy (non-hydrogen) atoms. The molecule has 1 amide bonds. The number of likely N-dealkylation sites (tertiary alicyclic amines) is 1. The number of methoxy groups -OCH3 is 1. The van der Waals surface area contributed by atoms with Gasteiger partial charge in [-0.2, -0.15) is 0 Å². The molecule has 1 N–H and O–H groups in total. The van der Waals surface area contributed by atoms with Crippen molar-refractivity contribution in [3.8, 4) is 5.75 Å². The van der Waals surface area contributed by atoms with Gasteiger partial charge >= 0.3 is 0 Å². The third kappa shape index (κ3) is 5.05. The van der Waals surface area contributed by atoms with Crippen molar-refractivity contribution in [3.63, 3.8) is 0 Å². The van der Waals surface area contributed by atoms with Crippen LogP contribution in [0.5, 0.6) is 5.75 Å². The number of hydrogen-bond acceptors (Lipinski definition) is 5. The van der Waals surface area contributed by atoms with Gasteiger partial charge in [-0.25, -0.2) is 8.42 Å². The summed E-state index contributed by atoms with van der Waals surface area (Å²) < 4.78 is 31.0. The lowest BCUT2D eigenvalue weighted by molar-refractivity contribution is -0.124. The van der Waals surface area contributed by atoms with E-state index in [1.54, 1.807) is 19.2 Å². The smallest absolute Gasteiger partial charge is 0.242 e. The maximum atomic E-state index is 13.5. The molecule has 0 spiro atoms. The monoisotopic (exact) mass is 490 g/mol. The summed E-state index contributed by atoms with van der Waals surface area (Å²) in [6.45, 7) is 2.52. The summed E-state index contributed by atoms with van der Waals surface area (Å²) in [4.78, 5) is 15.9. The van der Waals surface area contributed by atoms with Gasteiger partial charge < -0.3 is 10.1 Å². The van der Waals surface area contributed by atoms with Crippen LogP contribution in [-0.2, 0) is 21.2 Å². The normalized spacial score (nSPS) is 19.3. The Bertz CT molecular complexity index is 1070. The van der Waals surface area contributed by atoms with Crippen LogP contribution in [0.15, 0.2) is 53.4 Å². The standard InChI is InChI=1S/C25H31ClN2O4S/c1-32-22-6-4-5-19(17-22)18-28-15-11-21(12-16-28)27-24(29)25(13-2-3-14-25)33(30,31)23-9-7-20(26)8-10-23/h4-10,17,21H,2-3,11-16,18H2,1H3,(H,27,29). The Labute approximate surface area is 201 Å². The third-order valence-corrected chi connectivity index (χ3v) is 9.69. The Balaban J connectivity index is 1.40. The van der Waals surface area contributed by atoms with Crippen LogP contribution in [0.3, 0.4) is 0 Å². The predicted molar refractivity (Wildman–Crippen MR) is 129 cm³/mol. The molecule has 2 aliphatic rings. The number of amides is 1. The van der Waals surface area contributed by atoms with Gasteiger partial charge in [-0.15, -0.1) is 0 Å². The molecular weight excluding hydrogens is 460 g/mol. The number of halogens is 1. The van der Waals surface area contributed by atoms with Crippen LogP contribution in [0.1, 0.15) is 44.1 Å². The number of carbonyl (C=O) groups is 1. The number of carbonyl (C=O) groups excluding carboxylic acids is 1. The van der Waals surface area contributed by atoms with E-state index in [2.05, 4.69) is 16.3 Å². The fraction of sp³-hybridized carbons (Fsp3) is 0.480. The maximum absolute atomic E-state index is 13.5. The highest BCUT2D eigenvalue weighted by Gasteiger charge is 2.53. The van der Waals surface area contributed by atoms with Crippen molar-refractivity contribution >= 4 is 27.3 Å². The van der Waals surface area contributed by atoms with Gasteiger partial charge in [0.25, 0.3) is 0 Å². The second-order valence-electron chi connectivity index (χ2n) is 9.03. The molecule has 2 fully saturated rings. The van der Waals surface area contributed by atoms with Gasteiger partial charge in [0, 0.05) is 30.7 Å². The molecule has 2 aromatic rings. The summed E-state index contributed by atoms with van der Waals surface area (Å²) in [5.74, 6) is 0.500. The number of benzene rings is 2. The summed E-state index contributed by atoms with van der Waals surface area (Å²) >= 11 is 5.94. The van der Waals surface area contributed by atoms with Crippen LogP contribution in [-0.4, -0.2) is 50.2 Å². The van der Waals surface area contributed by atoms with Gasteiger partial charge in [0.05, 0.1) is 12.0 Å². The zero-order valence-corrected chi connectivity index (χ0v) is 20.5. The molecule has 0 atom stereocenters. The van der Waals surface area contributed by atoms with E-state index < -0.39 is 14.6 Å². The fourth-order valence-electron chi connectivity index (χ4n) is 4.98. The van der Waals surface area contributed by atoms with Gasteiger partial charge in [-0.1, -0.05) is 36.6 Å². The highest BCUT2D eigenvalue weighted by atomic mass is 35.5. The minimum absolute atomic E-state index is 0.0167. The van der Waals surface area contributed by atoms with Crippen LogP contribution < -0.4 is 10.1 Å². The zero-order valence-electron chi connectivity index (χ0n) is 18.9. The Morgan fingerprint density at radius 3 is 2.42 bits per heavy atom. The average molecular weight is 491 g/mol. The molecule has 1 saturated carbocycles. The van der Waals surface area contributed by atoms with E-state index in [0.29, 0.717) is 17.9 Å². The molecule has 1 heterocycles. The maximum Gasteiger partial charge on any atom is 0.242 e. The Hall–Kier alpha value is -2.09. The predicted octanol–water partition coefficient (Wildman–Crippen LogP) is 4.22. The molecule has 4 rings (SSSR count). The molecule has 8 heteroatoms. The van der Waals surface area contributed by atoms with Gasteiger partial charge in [0.15, 0.2) is 14.6 Å². The van der Waals surface area contributed by atoms with E-state index in [-0.39, 0.29) is 16.8 Å². The summed E-state index contributed by atoms with van der Waals surface area (Å²) in [6, 6.07) is 14.2. The number of nitrogens with one attached hydrogen (secondary N) is 1. The first kappa shape index (κ1) is 24.0. The molecule has 6 nitrogen and oxygen atoms in total. The number of nitrogens with zero attached hydrogens (tertiary/aromatic N) is 1. The number of ether oxygens (including phenoxy) is 1. The van der Waals surface area contributed by atoms with Crippen LogP contribution in [0.4, 0.5) is 0 Å². The molecule has 1 saturated heterocycles. The number of hydrogen-bond donors (Lipinski definition) is 1. The highest BCUT2D eigenvalue weighted by Crippen LogP contribution is 2.41. The second-order valence-corrected chi connectivity index (χ2v) is 11.7. The lowest BCUT2D eigenvalue weighted by atomic mass is 10.0. The van der Waals surface area contributed by atoms with Crippen molar-refractivity contribution in [1.82, 2.24) is 10.2 Å². The molecule has 0 aromatic heterocycles. The molecule has 2 aromatic carbocycles. The van der Waals surface area contributed by atoms with E-state index in [1.807, 2.05) is 18.2 Å². The fourth-order valence-corrected chi connectivity index (χ4v) is 7.19. The molecule has 0 radical (unpaired) electrons. The van der Waals surface area contributed by atoms with Gasteiger partial charge in [-0.3, -0.25) is 9.69 Å². The average Bonchev–Trinajstić information content (AvgIpc) is 3.33. The minimum Gasteiger partial charge on any atom is -0.497 e. The summed E-state index contributed by atoms with van der Waals surface area (Å²) in [5.41, 5.74) is 1.19. The van der Waals surface area contributed by atoms with Crippen molar-refractivity contribution in [3.05, 3.63) is 59.1 Å². The number of sulfone groups is 1. The topological polar surface area (TPSA) is 75.7 Å². The van der Waals surface area contributed by atoms with E-state index in [4.69, 9.17) is 16.3 Å². The van der Waals surface area contributed by atoms with E-state index >= 15 is 0 Å². The molecular formula is C25H31ClN2O4S. The molecule has 178 valence electrons. The summed E-state index contributed by atoms with van der Waals surface area (Å²) in [5, 5.41) is 3.57. The first-order valence-corrected chi connectivity index (χ1v) is 13.4. The minimum atomic E-state index is -3.82. The molecule has 1 aliphatic heterocycles. The van der Waals surface area contributed by atoms with Gasteiger partial charge in [0.1, 0.15) is 5.75 Å². The van der Waals surface area contributed by atoms with E-state index in [0.717, 1.165) is 51.1 Å². The van der Waals surface area contributed by atoms with E-state index in [1.165, 1.54) is 17.7 Å².